The lowest BCUT2D eigenvalue weighted by atomic mass is 10.2. The summed E-state index contributed by atoms with van der Waals surface area (Å²) in [6.07, 6.45) is -3.41. The summed E-state index contributed by atoms with van der Waals surface area (Å²) in [6, 6.07) is 11.4. The molecule has 0 fully saturated rings. The van der Waals surface area contributed by atoms with Gasteiger partial charge in [-0.1, -0.05) is 19.9 Å². The summed E-state index contributed by atoms with van der Waals surface area (Å²) < 4.78 is 43.7. The van der Waals surface area contributed by atoms with E-state index in [2.05, 4.69) is 29.7 Å². The Bertz CT molecular complexity index is 910. The van der Waals surface area contributed by atoms with Gasteiger partial charge in [-0.25, -0.2) is 5.43 Å². The number of alkyl halides is 3. The van der Waals surface area contributed by atoms with Gasteiger partial charge < -0.3 is 10.1 Å². The highest BCUT2D eigenvalue weighted by atomic mass is 19.4. The van der Waals surface area contributed by atoms with Gasteiger partial charge in [0.05, 0.1) is 18.4 Å². The molecule has 0 aromatic heterocycles. The van der Waals surface area contributed by atoms with Gasteiger partial charge in [0.25, 0.3) is 0 Å². The van der Waals surface area contributed by atoms with Gasteiger partial charge in [-0.05, 0) is 53.9 Å². The molecule has 31 heavy (non-hydrogen) atoms. The minimum absolute atomic E-state index is 0.0130. The number of nitrogens with one attached hydrogen (secondary N) is 2. The lowest BCUT2D eigenvalue weighted by molar-refractivity contribution is -0.137. The summed E-state index contributed by atoms with van der Waals surface area (Å²) in [7, 11) is 0. The highest BCUT2D eigenvalue weighted by molar-refractivity contribution is 5.93. The van der Waals surface area contributed by atoms with E-state index in [-0.39, 0.29) is 18.5 Å². The minimum atomic E-state index is -4.50. The summed E-state index contributed by atoms with van der Waals surface area (Å²) >= 11 is 0. The summed E-state index contributed by atoms with van der Waals surface area (Å²) in [4.78, 5) is 23.7. The van der Waals surface area contributed by atoms with Crippen LogP contribution in [0.4, 0.5) is 18.9 Å². The normalized spacial score (nSPS) is 11.5. The number of hydrogen-bond donors (Lipinski definition) is 2. The molecule has 0 saturated heterocycles. The zero-order chi connectivity index (χ0) is 22.9. The van der Waals surface area contributed by atoms with Crippen molar-refractivity contribution in [1.82, 2.24) is 5.43 Å². The SMILES string of the molecule is CC(C)COc1ccc(C=NNC(=O)CCC(=O)Nc2cccc(C(F)(F)F)c2)cc1. The van der Waals surface area contributed by atoms with Crippen LogP contribution in [-0.4, -0.2) is 24.6 Å². The van der Waals surface area contributed by atoms with Crippen molar-refractivity contribution >= 4 is 23.7 Å². The monoisotopic (exact) mass is 435 g/mol. The molecule has 2 aromatic rings. The molecule has 0 spiro atoms. The van der Waals surface area contributed by atoms with Crippen molar-refractivity contribution in [3.05, 3.63) is 59.7 Å². The molecule has 166 valence electrons. The topological polar surface area (TPSA) is 79.8 Å². The van der Waals surface area contributed by atoms with Gasteiger partial charge in [0.2, 0.25) is 11.8 Å². The Labute approximate surface area is 178 Å². The lowest BCUT2D eigenvalue weighted by Gasteiger charge is -2.09. The molecule has 2 aromatic carbocycles. The van der Waals surface area contributed by atoms with Crippen molar-refractivity contribution in [2.45, 2.75) is 32.9 Å². The van der Waals surface area contributed by atoms with E-state index in [9.17, 15) is 22.8 Å². The standard InChI is InChI=1S/C22H24F3N3O3/c1-15(2)14-31-19-8-6-16(7-9-19)13-26-28-21(30)11-10-20(29)27-18-5-3-4-17(12-18)22(23,24)25/h3-9,12-13,15H,10-11,14H2,1-2H3,(H,27,29)(H,28,30). The van der Waals surface area contributed by atoms with E-state index in [1.54, 1.807) is 24.3 Å². The first-order valence-electron chi connectivity index (χ1n) is 9.65. The molecule has 0 bridgehead atoms. The van der Waals surface area contributed by atoms with E-state index in [0.717, 1.165) is 23.4 Å². The van der Waals surface area contributed by atoms with Crippen molar-refractivity contribution in [2.75, 3.05) is 11.9 Å². The zero-order valence-electron chi connectivity index (χ0n) is 17.2. The third-order valence-electron chi connectivity index (χ3n) is 3.92. The Morgan fingerprint density at radius 3 is 2.39 bits per heavy atom. The van der Waals surface area contributed by atoms with Crippen molar-refractivity contribution in [3.63, 3.8) is 0 Å². The molecule has 0 radical (unpaired) electrons. The van der Waals surface area contributed by atoms with Crippen molar-refractivity contribution < 1.29 is 27.5 Å². The third kappa shape index (κ3) is 8.90. The fraction of sp³-hybridized carbons (Fsp3) is 0.318. The Hall–Kier alpha value is -3.36. The second-order valence-corrected chi connectivity index (χ2v) is 7.19. The Morgan fingerprint density at radius 1 is 1.06 bits per heavy atom. The predicted molar refractivity (Wildman–Crippen MR) is 112 cm³/mol. The van der Waals surface area contributed by atoms with Crippen molar-refractivity contribution in [2.24, 2.45) is 11.0 Å². The molecule has 2 N–H and O–H groups in total. The van der Waals surface area contributed by atoms with Crippen molar-refractivity contribution in [3.8, 4) is 5.75 Å². The number of nitrogens with zero attached hydrogens (tertiary/aromatic N) is 1. The number of anilines is 1. The van der Waals surface area contributed by atoms with Crippen LogP contribution in [0.15, 0.2) is 53.6 Å². The number of amides is 2. The smallest absolute Gasteiger partial charge is 0.416 e. The van der Waals surface area contributed by atoms with Crippen LogP contribution in [0.25, 0.3) is 0 Å². The molecule has 0 atom stereocenters. The van der Waals surface area contributed by atoms with Crippen LogP contribution < -0.4 is 15.5 Å². The largest absolute Gasteiger partial charge is 0.493 e. The highest BCUT2D eigenvalue weighted by Crippen LogP contribution is 2.30. The molecule has 0 aliphatic carbocycles. The molecular formula is C22H24F3N3O3. The maximum absolute atomic E-state index is 12.7. The van der Waals surface area contributed by atoms with Crippen LogP contribution >= 0.6 is 0 Å². The lowest BCUT2D eigenvalue weighted by Crippen LogP contribution is -2.20. The maximum Gasteiger partial charge on any atom is 0.416 e. The molecule has 2 amide bonds. The molecule has 0 unspecified atom stereocenters. The van der Waals surface area contributed by atoms with E-state index in [0.29, 0.717) is 12.5 Å². The van der Waals surface area contributed by atoms with E-state index in [1.165, 1.54) is 18.3 Å². The number of rotatable bonds is 9. The average Bonchev–Trinajstić information content (AvgIpc) is 2.71. The highest BCUT2D eigenvalue weighted by Gasteiger charge is 2.30. The Morgan fingerprint density at radius 2 is 1.74 bits per heavy atom. The average molecular weight is 435 g/mol. The van der Waals surface area contributed by atoms with Crippen LogP contribution in [0.5, 0.6) is 5.75 Å². The summed E-state index contributed by atoms with van der Waals surface area (Å²) in [5.74, 6) is 0.0908. The second-order valence-electron chi connectivity index (χ2n) is 7.19. The summed E-state index contributed by atoms with van der Waals surface area (Å²) in [6.45, 7) is 4.72. The van der Waals surface area contributed by atoms with Crippen LogP contribution in [0.2, 0.25) is 0 Å². The van der Waals surface area contributed by atoms with Crippen LogP contribution in [0.1, 0.15) is 37.8 Å². The quantitative estimate of drug-likeness (QED) is 0.446. The fourth-order valence-corrected chi connectivity index (χ4v) is 2.37. The predicted octanol–water partition coefficient (Wildman–Crippen LogP) is 4.61. The van der Waals surface area contributed by atoms with Crippen LogP contribution in [0.3, 0.4) is 0 Å². The first-order chi connectivity index (χ1) is 14.6. The van der Waals surface area contributed by atoms with E-state index in [1.807, 2.05) is 0 Å². The second kappa shape index (κ2) is 11.1. The third-order valence-corrected chi connectivity index (χ3v) is 3.92. The Kier molecular flexibility index (Phi) is 8.60. The van der Waals surface area contributed by atoms with Gasteiger partial charge >= 0.3 is 6.18 Å². The van der Waals surface area contributed by atoms with Gasteiger partial charge in [0.1, 0.15) is 5.75 Å². The van der Waals surface area contributed by atoms with E-state index >= 15 is 0 Å². The first kappa shape index (κ1) is 23.9. The number of hydrazone groups is 1. The van der Waals surface area contributed by atoms with E-state index < -0.39 is 23.6 Å². The molecule has 0 saturated carbocycles. The van der Waals surface area contributed by atoms with Crippen molar-refractivity contribution in [1.29, 1.82) is 0 Å². The fourth-order valence-electron chi connectivity index (χ4n) is 2.37. The Balaban J connectivity index is 1.74. The summed E-state index contributed by atoms with van der Waals surface area (Å²) in [5.41, 5.74) is 2.20. The molecule has 9 heteroatoms. The number of carbonyl (C=O) groups excluding carboxylic acids is 2. The molecule has 2 rings (SSSR count). The molecule has 0 heterocycles. The molecular weight excluding hydrogens is 411 g/mol. The number of ether oxygens (including phenoxy) is 1. The maximum atomic E-state index is 12.7. The molecule has 6 nitrogen and oxygen atoms in total. The number of halogens is 3. The number of hydrogen-bond acceptors (Lipinski definition) is 4. The van der Waals surface area contributed by atoms with Crippen LogP contribution in [0, 0.1) is 5.92 Å². The number of benzene rings is 2. The molecule has 0 aliphatic rings. The van der Waals surface area contributed by atoms with E-state index in [4.69, 9.17) is 4.74 Å². The van der Waals surface area contributed by atoms with Gasteiger partial charge in [-0.15, -0.1) is 0 Å². The van der Waals surface area contributed by atoms with Gasteiger partial charge in [0, 0.05) is 18.5 Å². The summed E-state index contributed by atoms with van der Waals surface area (Å²) in [5, 5.41) is 6.17. The first-order valence-corrected chi connectivity index (χ1v) is 9.65. The molecule has 0 aliphatic heterocycles. The van der Waals surface area contributed by atoms with Gasteiger partial charge in [-0.2, -0.15) is 18.3 Å². The van der Waals surface area contributed by atoms with Gasteiger partial charge in [-0.3, -0.25) is 9.59 Å². The van der Waals surface area contributed by atoms with Crippen LogP contribution in [-0.2, 0) is 15.8 Å². The van der Waals surface area contributed by atoms with Gasteiger partial charge in [0.15, 0.2) is 0 Å². The zero-order valence-corrected chi connectivity index (χ0v) is 17.2. The minimum Gasteiger partial charge on any atom is -0.493 e. The number of carbonyl (C=O) groups is 2.